The van der Waals surface area contributed by atoms with Gasteiger partial charge in [0.25, 0.3) is 5.69 Å². The van der Waals surface area contributed by atoms with Gasteiger partial charge in [0, 0.05) is 41.6 Å². The summed E-state index contributed by atoms with van der Waals surface area (Å²) >= 11 is 6.35. The van der Waals surface area contributed by atoms with Crippen LogP contribution in [0, 0.1) is 10.1 Å². The summed E-state index contributed by atoms with van der Waals surface area (Å²) in [5, 5.41) is 21.2. The van der Waals surface area contributed by atoms with E-state index in [1.54, 1.807) is 12.1 Å². The van der Waals surface area contributed by atoms with Gasteiger partial charge < -0.3 is 4.74 Å². The second-order valence-corrected chi connectivity index (χ2v) is 9.18. The fraction of sp³-hybridized carbons (Fsp3) is 0.148. The smallest absolute Gasteiger partial charge is 0.269 e. The van der Waals surface area contributed by atoms with Crippen LogP contribution in [0.2, 0.25) is 5.02 Å². The molecular formula is C27H20ClN3O3. The standard InChI is InChI=1S/C27H20ClN3O3/c1-27(20-8-11-22(12-9-20)31(32)33)30-25(23-15-21(28)10-13-26(23)34-27)16-24(29-30)19-7-6-17-4-2-3-5-18(17)14-19/h2-15,25H,16H2,1H3/t25-,27-/m1/s1. The molecule has 0 saturated heterocycles. The largest absolute Gasteiger partial charge is 0.462 e. The Morgan fingerprint density at radius 2 is 1.79 bits per heavy atom. The van der Waals surface area contributed by atoms with Crippen molar-refractivity contribution < 1.29 is 9.66 Å². The predicted octanol–water partition coefficient (Wildman–Crippen LogP) is 6.82. The van der Waals surface area contributed by atoms with Crippen LogP contribution in [0.3, 0.4) is 0 Å². The molecule has 4 aromatic rings. The molecule has 7 heteroatoms. The van der Waals surface area contributed by atoms with Crippen molar-refractivity contribution in [2.45, 2.75) is 25.1 Å². The quantitative estimate of drug-likeness (QED) is 0.244. The molecule has 168 valence electrons. The number of hydrogen-bond acceptors (Lipinski definition) is 5. The number of hydrazone groups is 1. The van der Waals surface area contributed by atoms with Crippen LogP contribution in [-0.2, 0) is 5.72 Å². The zero-order valence-corrected chi connectivity index (χ0v) is 19.1. The van der Waals surface area contributed by atoms with Gasteiger partial charge in [-0.1, -0.05) is 48.0 Å². The van der Waals surface area contributed by atoms with Crippen molar-refractivity contribution in [1.29, 1.82) is 0 Å². The fourth-order valence-electron chi connectivity index (χ4n) is 4.91. The first-order valence-electron chi connectivity index (χ1n) is 11.0. The molecule has 2 heterocycles. The van der Waals surface area contributed by atoms with E-state index in [1.807, 2.05) is 42.3 Å². The van der Waals surface area contributed by atoms with Gasteiger partial charge in [-0.3, -0.25) is 10.1 Å². The average molecular weight is 470 g/mol. The third kappa shape index (κ3) is 3.22. The van der Waals surface area contributed by atoms with Gasteiger partial charge >= 0.3 is 0 Å². The van der Waals surface area contributed by atoms with E-state index in [1.165, 1.54) is 17.5 Å². The van der Waals surface area contributed by atoms with Gasteiger partial charge in [-0.05, 0) is 52.7 Å². The number of nitro groups is 1. The zero-order valence-electron chi connectivity index (χ0n) is 18.3. The maximum Gasteiger partial charge on any atom is 0.269 e. The summed E-state index contributed by atoms with van der Waals surface area (Å²) in [6.45, 7) is 1.95. The number of halogens is 1. The highest BCUT2D eigenvalue weighted by molar-refractivity contribution is 6.30. The molecule has 0 bridgehead atoms. The van der Waals surface area contributed by atoms with Gasteiger partial charge in [-0.25, -0.2) is 5.01 Å². The van der Waals surface area contributed by atoms with E-state index in [0.29, 0.717) is 11.4 Å². The third-order valence-corrected chi connectivity index (χ3v) is 6.92. The van der Waals surface area contributed by atoms with Crippen molar-refractivity contribution in [3.63, 3.8) is 0 Å². The van der Waals surface area contributed by atoms with Crippen LogP contribution in [0.5, 0.6) is 5.75 Å². The lowest BCUT2D eigenvalue weighted by atomic mass is 9.92. The summed E-state index contributed by atoms with van der Waals surface area (Å²) < 4.78 is 6.52. The molecule has 0 aliphatic carbocycles. The molecule has 0 amide bonds. The van der Waals surface area contributed by atoms with Crippen LogP contribution in [0.15, 0.2) is 90.0 Å². The molecule has 0 aromatic heterocycles. The van der Waals surface area contributed by atoms with E-state index in [0.717, 1.165) is 33.5 Å². The Labute approximate surface area is 201 Å². The molecule has 2 aliphatic rings. The maximum absolute atomic E-state index is 11.2. The summed E-state index contributed by atoms with van der Waals surface area (Å²) in [6, 6.07) is 26.6. The van der Waals surface area contributed by atoms with Crippen molar-refractivity contribution in [3.05, 3.63) is 117 Å². The van der Waals surface area contributed by atoms with Gasteiger partial charge in [0.05, 0.1) is 16.7 Å². The van der Waals surface area contributed by atoms with E-state index < -0.39 is 10.6 Å². The number of non-ortho nitro benzene ring substituents is 1. The predicted molar refractivity (Wildman–Crippen MR) is 132 cm³/mol. The molecule has 6 nitrogen and oxygen atoms in total. The van der Waals surface area contributed by atoms with Crippen molar-refractivity contribution in [2.75, 3.05) is 0 Å². The zero-order chi connectivity index (χ0) is 23.4. The summed E-state index contributed by atoms with van der Waals surface area (Å²) in [7, 11) is 0. The summed E-state index contributed by atoms with van der Waals surface area (Å²) in [5.74, 6) is 0.737. The molecule has 0 spiro atoms. The van der Waals surface area contributed by atoms with E-state index >= 15 is 0 Å². The number of ether oxygens (including phenoxy) is 1. The van der Waals surface area contributed by atoms with Gasteiger partial charge in [0.1, 0.15) is 5.75 Å². The maximum atomic E-state index is 11.2. The van der Waals surface area contributed by atoms with E-state index in [9.17, 15) is 10.1 Å². The number of fused-ring (bicyclic) bond motifs is 4. The van der Waals surface area contributed by atoms with Crippen LogP contribution in [0.1, 0.15) is 36.1 Å². The molecule has 2 atom stereocenters. The Morgan fingerprint density at radius 1 is 1.03 bits per heavy atom. The van der Waals surface area contributed by atoms with Crippen molar-refractivity contribution in [1.82, 2.24) is 5.01 Å². The Balaban J connectivity index is 1.48. The number of nitro benzene ring substituents is 1. The fourth-order valence-corrected chi connectivity index (χ4v) is 5.09. The van der Waals surface area contributed by atoms with Crippen molar-refractivity contribution in [2.24, 2.45) is 5.10 Å². The highest BCUT2D eigenvalue weighted by Crippen LogP contribution is 2.51. The Bertz CT molecular complexity index is 1480. The lowest BCUT2D eigenvalue weighted by molar-refractivity contribution is -0.384. The van der Waals surface area contributed by atoms with Crippen LogP contribution in [0.4, 0.5) is 5.69 Å². The topological polar surface area (TPSA) is 68.0 Å². The lowest BCUT2D eigenvalue weighted by Gasteiger charge is -2.46. The van der Waals surface area contributed by atoms with Crippen molar-refractivity contribution in [3.8, 4) is 5.75 Å². The van der Waals surface area contributed by atoms with Crippen LogP contribution in [0.25, 0.3) is 10.8 Å². The van der Waals surface area contributed by atoms with Gasteiger partial charge in [-0.2, -0.15) is 5.10 Å². The Hall–Kier alpha value is -3.90. The van der Waals surface area contributed by atoms with Crippen LogP contribution >= 0.6 is 11.6 Å². The summed E-state index contributed by atoms with van der Waals surface area (Å²) in [4.78, 5) is 10.8. The first-order chi connectivity index (χ1) is 16.4. The molecule has 0 unspecified atom stereocenters. The van der Waals surface area contributed by atoms with Gasteiger partial charge in [0.15, 0.2) is 0 Å². The third-order valence-electron chi connectivity index (χ3n) is 6.68. The van der Waals surface area contributed by atoms with Gasteiger partial charge in [0.2, 0.25) is 5.72 Å². The van der Waals surface area contributed by atoms with Crippen molar-refractivity contribution >= 4 is 33.8 Å². The molecular weight excluding hydrogens is 450 g/mol. The number of hydrogen-bond donors (Lipinski definition) is 0. The Kier molecular flexibility index (Phi) is 4.61. The summed E-state index contributed by atoms with van der Waals surface area (Å²) in [5.41, 5.74) is 2.87. The minimum atomic E-state index is -0.945. The lowest BCUT2D eigenvalue weighted by Crippen LogP contribution is -2.48. The van der Waals surface area contributed by atoms with E-state index in [-0.39, 0.29) is 11.7 Å². The highest BCUT2D eigenvalue weighted by atomic mass is 35.5. The number of benzene rings is 4. The average Bonchev–Trinajstić information content (AvgIpc) is 3.31. The van der Waals surface area contributed by atoms with E-state index in [4.69, 9.17) is 21.4 Å². The first kappa shape index (κ1) is 20.7. The van der Waals surface area contributed by atoms with Crippen LogP contribution < -0.4 is 4.74 Å². The minimum Gasteiger partial charge on any atom is -0.462 e. The molecule has 4 aromatic carbocycles. The molecule has 0 fully saturated rings. The van der Waals surface area contributed by atoms with Crippen LogP contribution in [-0.4, -0.2) is 15.6 Å². The highest BCUT2D eigenvalue weighted by Gasteiger charge is 2.49. The Morgan fingerprint density at radius 3 is 2.56 bits per heavy atom. The molecule has 34 heavy (non-hydrogen) atoms. The molecule has 0 saturated carbocycles. The molecule has 6 rings (SSSR count). The molecule has 0 N–H and O–H groups in total. The normalized spacial score (nSPS) is 20.9. The molecule has 2 aliphatic heterocycles. The SMILES string of the molecule is C[C@]1(c2ccc([N+](=O)[O-])cc2)Oc2ccc(Cl)cc2[C@H]2CC(c3ccc4ccccc4c3)=NN21. The monoisotopic (exact) mass is 469 g/mol. The minimum absolute atomic E-state index is 0.0358. The second kappa shape index (κ2) is 7.57. The first-order valence-corrected chi connectivity index (χ1v) is 11.4. The number of rotatable bonds is 3. The second-order valence-electron chi connectivity index (χ2n) is 8.74. The molecule has 0 radical (unpaired) electrons. The van der Waals surface area contributed by atoms with E-state index in [2.05, 4.69) is 30.3 Å². The summed E-state index contributed by atoms with van der Waals surface area (Å²) in [6.07, 6.45) is 0.692. The van der Waals surface area contributed by atoms with Gasteiger partial charge in [-0.15, -0.1) is 0 Å². The number of nitrogens with zero attached hydrogens (tertiary/aromatic N) is 3.